The molecule has 1 aliphatic heterocycles. The van der Waals surface area contributed by atoms with Crippen LogP contribution in [-0.2, 0) is 16.1 Å². The Kier molecular flexibility index (Phi) is 8.28. The molecule has 3 N–H and O–H groups in total. The first-order chi connectivity index (χ1) is 16.8. The minimum atomic E-state index is -4.50. The fourth-order valence-electron chi connectivity index (χ4n) is 3.67. The van der Waals surface area contributed by atoms with Gasteiger partial charge in [-0.3, -0.25) is 19.2 Å². The molecule has 1 aromatic heterocycles. The average molecular weight is 536 g/mol. The van der Waals surface area contributed by atoms with Gasteiger partial charge in [0.15, 0.2) is 6.61 Å². The number of rotatable bonds is 7. The Morgan fingerprint density at radius 3 is 2.64 bits per heavy atom. The second-order valence-electron chi connectivity index (χ2n) is 8.06. The van der Waals surface area contributed by atoms with Gasteiger partial charge in [-0.15, -0.1) is 0 Å². The summed E-state index contributed by atoms with van der Waals surface area (Å²) < 4.78 is 57.3. The largest absolute Gasteiger partial charge is 0.484 e. The van der Waals surface area contributed by atoms with Crippen molar-refractivity contribution in [1.82, 2.24) is 20.0 Å². The fourth-order valence-corrected chi connectivity index (χ4v) is 3.79. The molecule has 1 aromatic carbocycles. The Bertz CT molecular complexity index is 1140. The number of anilines is 1. The molecule has 15 heteroatoms. The highest BCUT2D eigenvalue weighted by Crippen LogP contribution is 2.24. The number of alkyl halides is 3. The maximum atomic E-state index is 13.5. The van der Waals surface area contributed by atoms with Gasteiger partial charge < -0.3 is 20.5 Å². The van der Waals surface area contributed by atoms with Gasteiger partial charge >= 0.3 is 12.3 Å². The molecular weight excluding hydrogens is 514 g/mol. The van der Waals surface area contributed by atoms with E-state index in [9.17, 15) is 37.1 Å². The number of benzene rings is 1. The van der Waals surface area contributed by atoms with E-state index < -0.39 is 55.1 Å². The van der Waals surface area contributed by atoms with Crippen molar-refractivity contribution in [3.63, 3.8) is 0 Å². The van der Waals surface area contributed by atoms with Gasteiger partial charge in [0.1, 0.15) is 24.2 Å². The van der Waals surface area contributed by atoms with E-state index in [1.165, 1.54) is 19.1 Å². The highest BCUT2D eigenvalue weighted by molar-refractivity contribution is 6.30. The summed E-state index contributed by atoms with van der Waals surface area (Å²) in [7, 11) is 0. The molecule has 0 saturated carbocycles. The third-order valence-electron chi connectivity index (χ3n) is 5.45. The maximum Gasteiger partial charge on any atom is 0.408 e. The van der Waals surface area contributed by atoms with Crippen molar-refractivity contribution in [3.8, 4) is 5.75 Å². The fraction of sp³-hybridized carbons (Fsp3) is 0.429. The number of halogens is 5. The van der Waals surface area contributed by atoms with E-state index in [4.69, 9.17) is 16.3 Å². The number of carbonyl (C=O) groups excluding carboxylic acids is 2. The van der Waals surface area contributed by atoms with E-state index in [1.807, 2.05) is 0 Å². The molecule has 1 aliphatic rings. The van der Waals surface area contributed by atoms with Crippen LogP contribution in [0.25, 0.3) is 0 Å². The van der Waals surface area contributed by atoms with E-state index in [0.29, 0.717) is 4.68 Å². The maximum absolute atomic E-state index is 13.5. The Hall–Kier alpha value is -3.55. The van der Waals surface area contributed by atoms with Gasteiger partial charge in [-0.1, -0.05) is 11.6 Å². The van der Waals surface area contributed by atoms with E-state index in [1.54, 1.807) is 0 Å². The van der Waals surface area contributed by atoms with Gasteiger partial charge in [0.2, 0.25) is 5.91 Å². The van der Waals surface area contributed by atoms with Gasteiger partial charge in [0, 0.05) is 18.7 Å². The average Bonchev–Trinajstić information content (AvgIpc) is 3.12. The quantitative estimate of drug-likeness (QED) is 0.468. The first-order valence-electron chi connectivity index (χ1n) is 10.6. The second-order valence-corrected chi connectivity index (χ2v) is 8.47. The molecule has 3 rings (SSSR count). The normalized spacial score (nSPS) is 18.0. The summed E-state index contributed by atoms with van der Waals surface area (Å²) in [5.74, 6) is -1.96. The summed E-state index contributed by atoms with van der Waals surface area (Å²) in [6.45, 7) is -0.662. The molecule has 0 bridgehead atoms. The summed E-state index contributed by atoms with van der Waals surface area (Å²) in [5, 5.41) is 18.1. The summed E-state index contributed by atoms with van der Waals surface area (Å²) in [6, 6.07) is 1.90. The van der Waals surface area contributed by atoms with Crippen molar-refractivity contribution in [2.45, 2.75) is 44.6 Å². The SMILES string of the molecule is Cc1c(NC(=O)[C@H]2CC[C@H](NC(=O)COc3ccc(Cl)c(F)c3)CN2C(=O)O)cnn1CC(F)(F)F. The molecule has 1 fully saturated rings. The molecule has 0 radical (unpaired) electrons. The molecule has 3 amide bonds. The minimum Gasteiger partial charge on any atom is -0.484 e. The molecule has 0 aliphatic carbocycles. The molecular formula is C21H22ClF4N5O5. The smallest absolute Gasteiger partial charge is 0.408 e. The first kappa shape index (κ1) is 27.0. The zero-order chi connectivity index (χ0) is 26.6. The Balaban J connectivity index is 1.56. The number of amides is 3. The number of ether oxygens (including phenoxy) is 1. The second kappa shape index (κ2) is 11.0. The Labute approximate surface area is 207 Å². The molecule has 36 heavy (non-hydrogen) atoms. The van der Waals surface area contributed by atoms with Crippen LogP contribution in [0.3, 0.4) is 0 Å². The Morgan fingerprint density at radius 1 is 1.28 bits per heavy atom. The van der Waals surface area contributed by atoms with Crippen molar-refractivity contribution in [2.24, 2.45) is 0 Å². The van der Waals surface area contributed by atoms with E-state index in [0.717, 1.165) is 17.2 Å². The number of piperidine rings is 1. The lowest BCUT2D eigenvalue weighted by Gasteiger charge is -2.37. The van der Waals surface area contributed by atoms with Gasteiger partial charge in [-0.2, -0.15) is 18.3 Å². The lowest BCUT2D eigenvalue weighted by molar-refractivity contribution is -0.143. The van der Waals surface area contributed by atoms with Gasteiger partial charge in [-0.05, 0) is 31.9 Å². The minimum absolute atomic E-state index is 0.0285. The lowest BCUT2D eigenvalue weighted by Crippen LogP contribution is -2.57. The van der Waals surface area contributed by atoms with Gasteiger partial charge in [0.25, 0.3) is 5.91 Å². The highest BCUT2D eigenvalue weighted by Gasteiger charge is 2.37. The molecule has 2 aromatic rings. The van der Waals surface area contributed by atoms with E-state index >= 15 is 0 Å². The van der Waals surface area contributed by atoms with Crippen LogP contribution in [-0.4, -0.2) is 69.1 Å². The molecule has 0 spiro atoms. The number of nitrogens with one attached hydrogen (secondary N) is 2. The van der Waals surface area contributed by atoms with Crippen molar-refractivity contribution in [2.75, 3.05) is 18.5 Å². The predicted molar refractivity (Wildman–Crippen MR) is 118 cm³/mol. The van der Waals surface area contributed by atoms with Crippen LogP contribution in [0.5, 0.6) is 5.75 Å². The van der Waals surface area contributed by atoms with Crippen LogP contribution in [0.15, 0.2) is 24.4 Å². The number of aromatic nitrogens is 2. The summed E-state index contributed by atoms with van der Waals surface area (Å²) >= 11 is 5.59. The van der Waals surface area contributed by atoms with Crippen LogP contribution in [0.4, 0.5) is 28.0 Å². The van der Waals surface area contributed by atoms with Crippen LogP contribution in [0, 0.1) is 12.7 Å². The zero-order valence-electron chi connectivity index (χ0n) is 18.8. The van der Waals surface area contributed by atoms with Gasteiger partial charge in [0.05, 0.1) is 22.6 Å². The van der Waals surface area contributed by atoms with Crippen LogP contribution < -0.4 is 15.4 Å². The number of carboxylic acid groups (broad SMARTS) is 1. The number of carbonyl (C=O) groups is 3. The molecule has 0 unspecified atom stereocenters. The molecule has 10 nitrogen and oxygen atoms in total. The molecule has 196 valence electrons. The first-order valence-corrected chi connectivity index (χ1v) is 11.0. The number of likely N-dealkylation sites (tertiary alicyclic amines) is 1. The third kappa shape index (κ3) is 6.99. The molecule has 2 heterocycles. The van der Waals surface area contributed by atoms with Crippen LogP contribution in [0.1, 0.15) is 18.5 Å². The van der Waals surface area contributed by atoms with E-state index in [-0.39, 0.29) is 41.5 Å². The molecule has 2 atom stereocenters. The summed E-state index contributed by atoms with van der Waals surface area (Å²) in [5.41, 5.74) is 0.0878. The van der Waals surface area contributed by atoms with Crippen molar-refractivity contribution < 1.29 is 41.8 Å². The highest BCUT2D eigenvalue weighted by atomic mass is 35.5. The van der Waals surface area contributed by atoms with Crippen LogP contribution >= 0.6 is 11.6 Å². The van der Waals surface area contributed by atoms with Crippen LogP contribution in [0.2, 0.25) is 5.02 Å². The zero-order valence-corrected chi connectivity index (χ0v) is 19.6. The number of hydrogen-bond donors (Lipinski definition) is 3. The third-order valence-corrected chi connectivity index (χ3v) is 5.75. The van der Waals surface area contributed by atoms with E-state index in [2.05, 4.69) is 15.7 Å². The number of nitrogens with zero attached hydrogens (tertiary/aromatic N) is 3. The number of hydrogen-bond acceptors (Lipinski definition) is 5. The molecule has 1 saturated heterocycles. The summed E-state index contributed by atoms with van der Waals surface area (Å²) in [6.07, 6.45) is -4.57. The monoisotopic (exact) mass is 535 g/mol. The van der Waals surface area contributed by atoms with Crippen molar-refractivity contribution >= 4 is 35.2 Å². The van der Waals surface area contributed by atoms with Crippen molar-refractivity contribution in [3.05, 3.63) is 40.9 Å². The Morgan fingerprint density at radius 2 is 2.00 bits per heavy atom. The lowest BCUT2D eigenvalue weighted by atomic mass is 9.97. The van der Waals surface area contributed by atoms with Gasteiger partial charge in [-0.25, -0.2) is 9.18 Å². The predicted octanol–water partition coefficient (Wildman–Crippen LogP) is 3.19. The standard InChI is InChI=1S/C21H22ClF4N5O5/c1-11-16(7-27-31(11)10-21(24,25)26)29-19(33)17-5-2-12(8-30(17)20(34)35)28-18(32)9-36-13-3-4-14(22)15(23)6-13/h3-4,6-7,12,17H,2,5,8-10H2,1H3,(H,28,32)(H,29,33)(H,34,35)/t12-,17+/m0/s1. The van der Waals surface area contributed by atoms with Crippen molar-refractivity contribution in [1.29, 1.82) is 0 Å². The summed E-state index contributed by atoms with van der Waals surface area (Å²) in [4.78, 5) is 37.6. The topological polar surface area (TPSA) is 126 Å².